The lowest BCUT2D eigenvalue weighted by Gasteiger charge is -2.20. The molecule has 0 amide bonds. The number of ether oxygens (including phenoxy) is 4. The van der Waals surface area contributed by atoms with E-state index in [1.165, 1.54) is 6.21 Å². The van der Waals surface area contributed by atoms with Crippen molar-refractivity contribution in [2.45, 2.75) is 33.1 Å². The number of fused-ring (bicyclic) bond motifs is 1. The van der Waals surface area contributed by atoms with Crippen molar-refractivity contribution in [3.05, 3.63) is 106 Å². The average molecular weight is 670 g/mol. The highest BCUT2D eigenvalue weighted by molar-refractivity contribution is 6.32. The lowest BCUT2D eigenvalue weighted by molar-refractivity contribution is -0.511. The number of carbonyl (C=O) groups is 2. The largest absolute Gasteiger partial charge is 0.488 e. The number of aliphatic carboxylic acids is 2. The molecule has 0 saturated carbocycles. The molecule has 0 spiro atoms. The Morgan fingerprint density at radius 1 is 0.958 bits per heavy atom. The molecule has 11 heteroatoms. The van der Waals surface area contributed by atoms with Crippen molar-refractivity contribution >= 4 is 29.8 Å². The van der Waals surface area contributed by atoms with Gasteiger partial charge in [-0.05, 0) is 65.1 Å². The Morgan fingerprint density at radius 2 is 1.71 bits per heavy atom. The molecule has 0 aromatic heterocycles. The topological polar surface area (TPSA) is 138 Å². The smallest absolute Gasteiger partial charge is 0.317 e. The molecule has 1 heterocycles. The predicted molar refractivity (Wildman–Crippen MR) is 178 cm³/mol. The molecule has 0 radical (unpaired) electrons. The van der Waals surface area contributed by atoms with Gasteiger partial charge in [-0.1, -0.05) is 48.0 Å². The number of hydrogen-bond donors (Lipinski definition) is 2. The summed E-state index contributed by atoms with van der Waals surface area (Å²) >= 11 is 6.72. The molecule has 0 fully saturated rings. The second-order valence-electron chi connectivity index (χ2n) is 11.3. The van der Waals surface area contributed by atoms with E-state index in [0.29, 0.717) is 46.6 Å². The second kappa shape index (κ2) is 15.4. The Kier molecular flexibility index (Phi) is 10.8. The minimum atomic E-state index is -1.24. The van der Waals surface area contributed by atoms with Crippen molar-refractivity contribution < 1.29 is 43.3 Å². The number of carboxylic acids is 2. The Balaban J connectivity index is 1.41. The standard InChI is InChI=1S/C37H33ClN2O8/c1-23-27(7-4-8-30(23)26-9-10-32-35(15-26)46-12-11-45-32)22-48-34-17-33(47-21-25-6-3-5-24(13-25)18-39)28(14-31(34)38)19-40(2)20-29(37(43)44)16-36(41)42/h3-10,13-15,17,20,29H,11-12,16,19,21-22H2,1-2H3,(H-,41,42,43,44)/p+1. The summed E-state index contributed by atoms with van der Waals surface area (Å²) in [5, 5.41) is 28.3. The molecular formula is C37H34ClN2O8+. The first-order chi connectivity index (χ1) is 23.1. The van der Waals surface area contributed by atoms with Crippen LogP contribution in [0.2, 0.25) is 5.02 Å². The molecule has 1 aliphatic heterocycles. The molecule has 4 aromatic rings. The van der Waals surface area contributed by atoms with Gasteiger partial charge in [-0.15, -0.1) is 0 Å². The van der Waals surface area contributed by atoms with E-state index in [1.54, 1.807) is 42.0 Å². The second-order valence-corrected chi connectivity index (χ2v) is 11.7. The summed E-state index contributed by atoms with van der Waals surface area (Å²) in [4.78, 5) is 22.9. The zero-order valence-electron chi connectivity index (χ0n) is 26.4. The number of rotatable bonds is 13. The quantitative estimate of drug-likeness (QED) is 0.121. The number of halogens is 1. The van der Waals surface area contributed by atoms with Crippen molar-refractivity contribution in [1.82, 2.24) is 0 Å². The molecule has 0 saturated heterocycles. The molecule has 5 rings (SSSR count). The van der Waals surface area contributed by atoms with Gasteiger partial charge in [-0.3, -0.25) is 9.59 Å². The first-order valence-electron chi connectivity index (χ1n) is 15.2. The summed E-state index contributed by atoms with van der Waals surface area (Å²) in [6, 6.07) is 24.4. The van der Waals surface area contributed by atoms with Crippen molar-refractivity contribution in [3.63, 3.8) is 0 Å². The monoisotopic (exact) mass is 669 g/mol. The summed E-state index contributed by atoms with van der Waals surface area (Å²) in [6.45, 7) is 3.59. The Hall–Kier alpha value is -5.53. The zero-order valence-corrected chi connectivity index (χ0v) is 27.2. The van der Waals surface area contributed by atoms with E-state index in [2.05, 4.69) is 6.07 Å². The minimum absolute atomic E-state index is 0.143. The van der Waals surface area contributed by atoms with Gasteiger partial charge < -0.3 is 29.2 Å². The van der Waals surface area contributed by atoms with Crippen LogP contribution in [0, 0.1) is 24.2 Å². The molecule has 0 bridgehead atoms. The molecule has 246 valence electrons. The summed E-state index contributed by atoms with van der Waals surface area (Å²) in [6.07, 6.45) is 0.799. The summed E-state index contributed by atoms with van der Waals surface area (Å²) in [7, 11) is 1.65. The van der Waals surface area contributed by atoms with Gasteiger partial charge in [0.15, 0.2) is 24.3 Å². The van der Waals surface area contributed by atoms with E-state index in [9.17, 15) is 20.0 Å². The number of nitrogens with zero attached hydrogens (tertiary/aromatic N) is 2. The third-order valence-electron chi connectivity index (χ3n) is 7.81. The third-order valence-corrected chi connectivity index (χ3v) is 8.11. The summed E-state index contributed by atoms with van der Waals surface area (Å²) in [5.41, 5.74) is 5.90. The first-order valence-corrected chi connectivity index (χ1v) is 15.5. The maximum absolute atomic E-state index is 11.7. The maximum atomic E-state index is 11.7. The molecule has 2 N–H and O–H groups in total. The van der Waals surface area contributed by atoms with Crippen molar-refractivity contribution in [2.24, 2.45) is 5.92 Å². The van der Waals surface area contributed by atoms with E-state index in [0.717, 1.165) is 33.6 Å². The van der Waals surface area contributed by atoms with E-state index >= 15 is 0 Å². The zero-order chi connectivity index (χ0) is 34.2. The minimum Gasteiger partial charge on any atom is -0.488 e. The van der Waals surface area contributed by atoms with Gasteiger partial charge >= 0.3 is 11.9 Å². The molecule has 1 atom stereocenters. The Labute approximate surface area is 283 Å². The molecule has 10 nitrogen and oxygen atoms in total. The fraction of sp³-hybridized carbons (Fsp3) is 0.243. The van der Waals surface area contributed by atoms with Gasteiger partial charge in [-0.25, -0.2) is 4.58 Å². The summed E-state index contributed by atoms with van der Waals surface area (Å²) in [5.74, 6) is -1.43. The van der Waals surface area contributed by atoms with E-state index in [-0.39, 0.29) is 19.8 Å². The highest BCUT2D eigenvalue weighted by Gasteiger charge is 2.24. The van der Waals surface area contributed by atoms with Crippen LogP contribution in [0.15, 0.2) is 72.8 Å². The third kappa shape index (κ3) is 8.43. The Bertz CT molecular complexity index is 1920. The van der Waals surface area contributed by atoms with Crippen LogP contribution in [-0.4, -0.2) is 53.2 Å². The fourth-order valence-corrected chi connectivity index (χ4v) is 5.62. The molecule has 0 aliphatic carbocycles. The van der Waals surface area contributed by atoms with Crippen LogP contribution >= 0.6 is 11.6 Å². The van der Waals surface area contributed by atoms with Crippen molar-refractivity contribution in [2.75, 3.05) is 20.3 Å². The Morgan fingerprint density at radius 3 is 2.46 bits per heavy atom. The normalized spacial score (nSPS) is 12.9. The lowest BCUT2D eigenvalue weighted by atomic mass is 9.96. The van der Waals surface area contributed by atoms with Crippen LogP contribution < -0.4 is 18.9 Å². The molecule has 4 aromatic carbocycles. The van der Waals surface area contributed by atoms with E-state index in [4.69, 9.17) is 35.7 Å². The van der Waals surface area contributed by atoms with Crippen molar-refractivity contribution in [1.29, 1.82) is 5.26 Å². The molecule has 48 heavy (non-hydrogen) atoms. The molecule has 1 aliphatic rings. The van der Waals surface area contributed by atoms with Gasteiger partial charge in [0, 0.05) is 6.07 Å². The number of carboxylic acid groups (broad SMARTS) is 2. The van der Waals surface area contributed by atoms with E-state index in [1.807, 2.05) is 49.4 Å². The van der Waals surface area contributed by atoms with Crippen LogP contribution in [-0.2, 0) is 29.3 Å². The number of benzene rings is 4. The van der Waals surface area contributed by atoms with Gasteiger partial charge in [0.2, 0.25) is 0 Å². The van der Waals surface area contributed by atoms with Gasteiger partial charge in [0.05, 0.1) is 28.6 Å². The van der Waals surface area contributed by atoms with Gasteiger partial charge in [-0.2, -0.15) is 5.26 Å². The summed E-state index contributed by atoms with van der Waals surface area (Å²) < 4.78 is 25.5. The fourth-order valence-electron chi connectivity index (χ4n) is 5.38. The molecule has 1 unspecified atom stereocenters. The van der Waals surface area contributed by atoms with Crippen LogP contribution in [0.1, 0.15) is 34.2 Å². The highest BCUT2D eigenvalue weighted by Crippen LogP contribution is 2.37. The van der Waals surface area contributed by atoms with Crippen LogP contribution in [0.5, 0.6) is 23.0 Å². The van der Waals surface area contributed by atoms with Crippen LogP contribution in [0.3, 0.4) is 0 Å². The number of hydrogen-bond acceptors (Lipinski definition) is 7. The number of nitriles is 1. The average Bonchev–Trinajstić information content (AvgIpc) is 3.07. The SMILES string of the molecule is Cc1c(COc2cc(OCc3cccc(C#N)c3)c(C[N+](C)=CC(CC(=O)O)C(=O)O)cc2Cl)cccc1-c1ccc2c(c1)OCCO2. The van der Waals surface area contributed by atoms with Crippen molar-refractivity contribution in [3.8, 4) is 40.2 Å². The first kappa shape index (κ1) is 33.8. The highest BCUT2D eigenvalue weighted by atomic mass is 35.5. The van der Waals surface area contributed by atoms with Crippen LogP contribution in [0.25, 0.3) is 11.1 Å². The van der Waals surface area contributed by atoms with E-state index < -0.39 is 24.3 Å². The lowest BCUT2D eigenvalue weighted by Crippen LogP contribution is -2.24. The maximum Gasteiger partial charge on any atom is 0.317 e. The van der Waals surface area contributed by atoms with Crippen LogP contribution in [0.4, 0.5) is 0 Å². The van der Waals surface area contributed by atoms with Gasteiger partial charge in [0.1, 0.15) is 50.9 Å². The predicted octanol–water partition coefficient (Wildman–Crippen LogP) is 6.50. The molecular weight excluding hydrogens is 636 g/mol. The van der Waals surface area contributed by atoms with Gasteiger partial charge in [0.25, 0.3) is 0 Å².